The highest BCUT2D eigenvalue weighted by Gasteiger charge is 2.17. The van der Waals surface area contributed by atoms with E-state index in [2.05, 4.69) is 21.2 Å². The number of alkyl halides is 1. The molecule has 0 heterocycles. The molecule has 4 heteroatoms. The third-order valence-corrected chi connectivity index (χ3v) is 3.99. The average Bonchev–Trinajstić information content (AvgIpc) is 2.36. The molecule has 1 N–H and O–H groups in total. The minimum Gasteiger partial charge on any atom is -0.494 e. The zero-order valence-corrected chi connectivity index (χ0v) is 12.7. The molecule has 0 spiro atoms. The maximum Gasteiger partial charge on any atom is 0.234 e. The summed E-state index contributed by atoms with van der Waals surface area (Å²) in [5.41, 5.74) is 1.04. The van der Waals surface area contributed by atoms with Gasteiger partial charge < -0.3 is 10.1 Å². The number of benzene rings is 1. The Kier molecular flexibility index (Phi) is 6.19. The van der Waals surface area contributed by atoms with Crippen LogP contribution in [0.2, 0.25) is 0 Å². The van der Waals surface area contributed by atoms with Gasteiger partial charge in [-0.25, -0.2) is 0 Å². The minimum absolute atomic E-state index is 0.0202. The summed E-state index contributed by atoms with van der Waals surface area (Å²) in [5, 5.41) is 2.91. The normalized spacial score (nSPS) is 12.3. The van der Waals surface area contributed by atoms with Crippen molar-refractivity contribution in [3.05, 3.63) is 29.8 Å². The van der Waals surface area contributed by atoms with E-state index in [-0.39, 0.29) is 16.7 Å². The summed E-state index contributed by atoms with van der Waals surface area (Å²) < 4.78 is 5.42. The van der Waals surface area contributed by atoms with Crippen LogP contribution in [0.3, 0.4) is 0 Å². The Hall–Kier alpha value is -1.03. The van der Waals surface area contributed by atoms with E-state index in [0.717, 1.165) is 11.3 Å². The molecule has 0 bridgehead atoms. The number of rotatable bonds is 6. The molecule has 1 aromatic carbocycles. The fourth-order valence-corrected chi connectivity index (χ4v) is 1.66. The summed E-state index contributed by atoms with van der Waals surface area (Å²) >= 11 is 3.38. The van der Waals surface area contributed by atoms with Gasteiger partial charge in [-0.3, -0.25) is 4.79 Å². The molecule has 100 valence electrons. The predicted octanol–water partition coefficient (Wildman–Crippen LogP) is 3.12. The first-order valence-electron chi connectivity index (χ1n) is 6.18. The van der Waals surface area contributed by atoms with Crippen molar-refractivity contribution in [3.8, 4) is 5.75 Å². The number of nitrogens with one attached hydrogen (secondary N) is 1. The first kappa shape index (κ1) is 15.0. The van der Waals surface area contributed by atoms with E-state index in [1.54, 1.807) is 0 Å². The molecule has 18 heavy (non-hydrogen) atoms. The fraction of sp³-hybridized carbons (Fsp3) is 0.500. The van der Waals surface area contributed by atoms with E-state index in [0.29, 0.717) is 13.2 Å². The van der Waals surface area contributed by atoms with Crippen LogP contribution in [0.25, 0.3) is 0 Å². The van der Waals surface area contributed by atoms with E-state index < -0.39 is 0 Å². The lowest BCUT2D eigenvalue weighted by molar-refractivity contribution is -0.121. The van der Waals surface area contributed by atoms with Gasteiger partial charge in [0.15, 0.2) is 0 Å². The molecule has 0 aliphatic carbocycles. The maximum atomic E-state index is 11.8. The Morgan fingerprint density at radius 2 is 2.17 bits per heavy atom. The average molecular weight is 314 g/mol. The Morgan fingerprint density at radius 1 is 1.44 bits per heavy atom. The molecule has 1 aromatic rings. The SMILES string of the molecule is CCOc1cccc(CNC(=O)C(Br)C(C)C)c1. The molecule has 0 saturated heterocycles. The fourth-order valence-electron chi connectivity index (χ4n) is 1.50. The predicted molar refractivity (Wildman–Crippen MR) is 77.0 cm³/mol. The van der Waals surface area contributed by atoms with Gasteiger partial charge in [-0.15, -0.1) is 0 Å². The third-order valence-electron chi connectivity index (χ3n) is 2.51. The largest absolute Gasteiger partial charge is 0.494 e. The highest BCUT2D eigenvalue weighted by molar-refractivity contribution is 9.10. The number of hydrogen-bond donors (Lipinski definition) is 1. The van der Waals surface area contributed by atoms with Crippen LogP contribution < -0.4 is 10.1 Å². The van der Waals surface area contributed by atoms with Crippen molar-refractivity contribution in [2.45, 2.75) is 32.1 Å². The molecule has 1 amide bonds. The van der Waals surface area contributed by atoms with Gasteiger partial charge in [-0.2, -0.15) is 0 Å². The monoisotopic (exact) mass is 313 g/mol. The van der Waals surface area contributed by atoms with Crippen LogP contribution in [-0.4, -0.2) is 17.3 Å². The highest BCUT2D eigenvalue weighted by Crippen LogP contribution is 2.14. The number of amides is 1. The first-order valence-corrected chi connectivity index (χ1v) is 7.09. The quantitative estimate of drug-likeness (QED) is 0.819. The zero-order valence-electron chi connectivity index (χ0n) is 11.1. The number of carbonyl (C=O) groups excluding carboxylic acids is 1. The second-order valence-electron chi connectivity index (χ2n) is 4.44. The van der Waals surface area contributed by atoms with E-state index in [1.165, 1.54) is 0 Å². The summed E-state index contributed by atoms with van der Waals surface area (Å²) in [6, 6.07) is 7.76. The number of ether oxygens (including phenoxy) is 1. The Bertz CT molecular complexity index is 393. The molecule has 0 radical (unpaired) electrons. The van der Waals surface area contributed by atoms with Crippen molar-refractivity contribution in [1.82, 2.24) is 5.32 Å². The summed E-state index contributed by atoms with van der Waals surface area (Å²) in [4.78, 5) is 11.6. The molecule has 1 unspecified atom stereocenters. The summed E-state index contributed by atoms with van der Waals surface area (Å²) in [6.45, 7) is 7.14. The van der Waals surface area contributed by atoms with Crippen molar-refractivity contribution in [2.24, 2.45) is 5.92 Å². The van der Waals surface area contributed by atoms with E-state index in [9.17, 15) is 4.79 Å². The van der Waals surface area contributed by atoms with Gasteiger partial charge in [0.25, 0.3) is 0 Å². The van der Waals surface area contributed by atoms with E-state index in [4.69, 9.17) is 4.74 Å². The third kappa shape index (κ3) is 4.69. The van der Waals surface area contributed by atoms with E-state index >= 15 is 0 Å². The zero-order chi connectivity index (χ0) is 13.5. The molecule has 1 atom stereocenters. The van der Waals surface area contributed by atoms with Crippen molar-refractivity contribution < 1.29 is 9.53 Å². The van der Waals surface area contributed by atoms with Crippen LogP contribution >= 0.6 is 15.9 Å². The van der Waals surface area contributed by atoms with E-state index in [1.807, 2.05) is 45.0 Å². The van der Waals surface area contributed by atoms with Gasteiger partial charge in [0, 0.05) is 6.54 Å². The highest BCUT2D eigenvalue weighted by atomic mass is 79.9. The van der Waals surface area contributed by atoms with Gasteiger partial charge in [-0.1, -0.05) is 41.9 Å². The summed E-state index contributed by atoms with van der Waals surface area (Å²) in [5.74, 6) is 1.13. The second kappa shape index (κ2) is 7.41. The van der Waals surface area contributed by atoms with Crippen LogP contribution in [0.4, 0.5) is 0 Å². The lowest BCUT2D eigenvalue weighted by atomic mass is 10.1. The van der Waals surface area contributed by atoms with Crippen molar-refractivity contribution in [1.29, 1.82) is 0 Å². The molecule has 0 fully saturated rings. The van der Waals surface area contributed by atoms with Gasteiger partial charge in [0.2, 0.25) is 5.91 Å². The van der Waals surface area contributed by atoms with Crippen LogP contribution in [0.5, 0.6) is 5.75 Å². The standard InChI is InChI=1S/C14H20BrNO2/c1-4-18-12-7-5-6-11(8-12)9-16-14(17)13(15)10(2)3/h5-8,10,13H,4,9H2,1-3H3,(H,16,17). The van der Waals surface area contributed by atoms with Crippen molar-refractivity contribution in [3.63, 3.8) is 0 Å². The number of hydrogen-bond acceptors (Lipinski definition) is 2. The van der Waals surface area contributed by atoms with Crippen molar-refractivity contribution in [2.75, 3.05) is 6.61 Å². The van der Waals surface area contributed by atoms with Gasteiger partial charge in [-0.05, 0) is 30.5 Å². The van der Waals surface area contributed by atoms with Crippen LogP contribution in [0, 0.1) is 5.92 Å². The lowest BCUT2D eigenvalue weighted by Crippen LogP contribution is -2.33. The molecular formula is C14H20BrNO2. The first-order chi connectivity index (χ1) is 8.54. The summed E-state index contributed by atoms with van der Waals surface area (Å²) in [6.07, 6.45) is 0. The molecule has 3 nitrogen and oxygen atoms in total. The molecular weight excluding hydrogens is 294 g/mol. The second-order valence-corrected chi connectivity index (χ2v) is 5.43. The molecule has 0 aromatic heterocycles. The van der Waals surface area contributed by atoms with Crippen LogP contribution in [0.1, 0.15) is 26.3 Å². The van der Waals surface area contributed by atoms with Crippen LogP contribution in [-0.2, 0) is 11.3 Å². The Labute approximate surface area is 117 Å². The van der Waals surface area contributed by atoms with Crippen molar-refractivity contribution >= 4 is 21.8 Å². The smallest absolute Gasteiger partial charge is 0.234 e. The summed E-state index contributed by atoms with van der Waals surface area (Å²) in [7, 11) is 0. The minimum atomic E-state index is -0.146. The Balaban J connectivity index is 2.53. The molecule has 0 saturated carbocycles. The number of carbonyl (C=O) groups is 1. The number of halogens is 1. The molecule has 0 aliphatic rings. The topological polar surface area (TPSA) is 38.3 Å². The van der Waals surface area contributed by atoms with Crippen LogP contribution in [0.15, 0.2) is 24.3 Å². The Morgan fingerprint density at radius 3 is 2.78 bits per heavy atom. The molecule has 0 aliphatic heterocycles. The van der Waals surface area contributed by atoms with Gasteiger partial charge >= 0.3 is 0 Å². The molecule has 1 rings (SSSR count). The maximum absolute atomic E-state index is 11.8. The van der Waals surface area contributed by atoms with Gasteiger partial charge in [0.05, 0.1) is 11.4 Å². The van der Waals surface area contributed by atoms with Gasteiger partial charge in [0.1, 0.15) is 5.75 Å². The lowest BCUT2D eigenvalue weighted by Gasteiger charge is -2.14.